The zero-order valence-electron chi connectivity index (χ0n) is 22.0. The molecule has 0 aromatic heterocycles. The van der Waals surface area contributed by atoms with Crippen LogP contribution in [0.2, 0.25) is 0 Å². The van der Waals surface area contributed by atoms with Gasteiger partial charge < -0.3 is 20.9 Å². The summed E-state index contributed by atoms with van der Waals surface area (Å²) in [5, 5.41) is 0. The summed E-state index contributed by atoms with van der Waals surface area (Å²) in [4.78, 5) is 28.0. The molecule has 2 aliphatic heterocycles. The molecule has 1 saturated heterocycles. The average Bonchev–Trinajstić information content (AvgIpc) is 2.92. The lowest BCUT2D eigenvalue weighted by molar-refractivity contribution is -0.150. The second-order valence-corrected chi connectivity index (χ2v) is 9.47. The van der Waals surface area contributed by atoms with Crippen LogP contribution in [0.4, 0.5) is 0 Å². The van der Waals surface area contributed by atoms with Gasteiger partial charge in [0.15, 0.2) is 0 Å². The number of hydrogen-bond acceptors (Lipinski definition) is 8. The highest BCUT2D eigenvalue weighted by molar-refractivity contribution is 5.89. The first-order chi connectivity index (χ1) is 17.9. The zero-order valence-corrected chi connectivity index (χ0v) is 22.0. The maximum atomic E-state index is 11.9. The summed E-state index contributed by atoms with van der Waals surface area (Å²) in [5.74, 6) is -0.671. The van der Waals surface area contributed by atoms with Crippen molar-refractivity contribution >= 4 is 11.9 Å². The van der Waals surface area contributed by atoms with Crippen LogP contribution in [-0.4, -0.2) is 67.7 Å². The van der Waals surface area contributed by atoms with Crippen molar-refractivity contribution < 1.29 is 19.1 Å². The van der Waals surface area contributed by atoms with Crippen molar-refractivity contribution in [2.24, 2.45) is 17.4 Å². The number of rotatable bonds is 7. The number of likely N-dealkylation sites (tertiary alicyclic amines) is 1. The number of carbonyl (C=O) groups is 2. The number of carbonyl (C=O) groups excluding carboxylic acids is 2. The van der Waals surface area contributed by atoms with Gasteiger partial charge in [-0.15, -0.1) is 0 Å². The maximum absolute atomic E-state index is 11.9. The number of nitrogens with zero attached hydrogens (tertiary/aromatic N) is 2. The normalized spacial score (nSPS) is 20.5. The molecule has 0 saturated carbocycles. The summed E-state index contributed by atoms with van der Waals surface area (Å²) < 4.78 is 9.86. The second kappa shape index (κ2) is 14.5. The Kier molecular flexibility index (Phi) is 11.1. The molecule has 0 spiro atoms. The van der Waals surface area contributed by atoms with Crippen molar-refractivity contribution in [3.05, 3.63) is 83.1 Å². The minimum absolute atomic E-state index is 0.0777. The van der Waals surface area contributed by atoms with E-state index in [1.165, 1.54) is 18.2 Å². The van der Waals surface area contributed by atoms with Gasteiger partial charge in [-0.2, -0.15) is 0 Å². The Hall–Kier alpha value is -3.20. The highest BCUT2D eigenvalue weighted by atomic mass is 16.5. The summed E-state index contributed by atoms with van der Waals surface area (Å²) in [6.07, 6.45) is 1.56. The molecule has 4 rings (SSSR count). The van der Waals surface area contributed by atoms with Crippen LogP contribution in [0.3, 0.4) is 0 Å². The van der Waals surface area contributed by atoms with Crippen LogP contribution < -0.4 is 11.5 Å². The SMILES string of the molecule is CCOC(=O)C1CN(Cc2ccccc2)CCC1N.COC(=O)C1=C(N)CCN(Cc2ccccc2)C1. The predicted molar refractivity (Wildman–Crippen MR) is 144 cm³/mol. The predicted octanol–water partition coefficient (Wildman–Crippen LogP) is 2.68. The molecule has 37 heavy (non-hydrogen) atoms. The van der Waals surface area contributed by atoms with E-state index in [4.69, 9.17) is 20.9 Å². The number of hydrogen-bond donors (Lipinski definition) is 2. The first-order valence-corrected chi connectivity index (χ1v) is 12.9. The summed E-state index contributed by atoms with van der Waals surface area (Å²) in [6, 6.07) is 20.4. The molecule has 2 heterocycles. The smallest absolute Gasteiger partial charge is 0.336 e. The number of ether oxygens (including phenoxy) is 2. The highest BCUT2D eigenvalue weighted by Crippen LogP contribution is 2.20. The first kappa shape index (κ1) is 28.4. The molecule has 1 fully saturated rings. The van der Waals surface area contributed by atoms with Crippen molar-refractivity contribution in [3.63, 3.8) is 0 Å². The van der Waals surface area contributed by atoms with Gasteiger partial charge in [0.2, 0.25) is 0 Å². The van der Waals surface area contributed by atoms with Crippen molar-refractivity contribution in [2.75, 3.05) is 39.9 Å². The number of piperidine rings is 1. The van der Waals surface area contributed by atoms with Crippen LogP contribution in [0.25, 0.3) is 0 Å². The average molecular weight is 509 g/mol. The van der Waals surface area contributed by atoms with E-state index in [9.17, 15) is 9.59 Å². The van der Waals surface area contributed by atoms with Crippen LogP contribution in [0.1, 0.15) is 30.9 Å². The minimum Gasteiger partial charge on any atom is -0.466 e. The fraction of sp³-hybridized carbons (Fsp3) is 0.448. The van der Waals surface area contributed by atoms with Crippen LogP contribution in [0, 0.1) is 5.92 Å². The van der Waals surface area contributed by atoms with Gasteiger partial charge in [0.05, 0.1) is 25.2 Å². The van der Waals surface area contributed by atoms with E-state index in [1.54, 1.807) is 0 Å². The van der Waals surface area contributed by atoms with Gasteiger partial charge in [0.25, 0.3) is 0 Å². The van der Waals surface area contributed by atoms with Gasteiger partial charge in [0, 0.05) is 57.4 Å². The molecule has 2 aliphatic rings. The van der Waals surface area contributed by atoms with Crippen LogP contribution in [0.15, 0.2) is 71.9 Å². The first-order valence-electron chi connectivity index (χ1n) is 12.9. The number of esters is 2. The zero-order chi connectivity index (χ0) is 26.6. The summed E-state index contributed by atoms with van der Waals surface area (Å²) in [7, 11) is 1.39. The molecule has 2 atom stereocenters. The number of benzene rings is 2. The van der Waals surface area contributed by atoms with Gasteiger partial charge in [0.1, 0.15) is 0 Å². The molecular weight excluding hydrogens is 468 g/mol. The Morgan fingerprint density at radius 1 is 0.946 bits per heavy atom. The molecule has 4 N–H and O–H groups in total. The largest absolute Gasteiger partial charge is 0.466 e. The topological polar surface area (TPSA) is 111 Å². The van der Waals surface area contributed by atoms with Crippen molar-refractivity contribution in [1.82, 2.24) is 9.80 Å². The van der Waals surface area contributed by atoms with E-state index >= 15 is 0 Å². The number of nitrogens with two attached hydrogens (primary N) is 2. The minimum atomic E-state index is -0.315. The molecule has 2 aromatic carbocycles. The van der Waals surface area contributed by atoms with Gasteiger partial charge in [-0.3, -0.25) is 14.6 Å². The third-order valence-corrected chi connectivity index (χ3v) is 6.74. The Bertz CT molecular complexity index is 1030. The Morgan fingerprint density at radius 2 is 1.54 bits per heavy atom. The van der Waals surface area contributed by atoms with E-state index in [2.05, 4.69) is 34.1 Å². The standard InChI is InChI=1S/C15H22N2O2.C14H18N2O2/c1-2-19-15(18)13-11-17(9-8-14(13)16)10-12-6-4-3-5-7-12;1-18-14(17)12-10-16(8-7-13(12)15)9-11-5-3-2-4-6-11/h3-7,13-14H,2,8-11,16H2,1H3;2-6H,7-10,15H2,1H3. The fourth-order valence-electron chi connectivity index (χ4n) is 4.65. The Morgan fingerprint density at radius 3 is 2.11 bits per heavy atom. The molecular formula is C29H40N4O4. The molecule has 2 aromatic rings. The van der Waals surface area contributed by atoms with Crippen LogP contribution >= 0.6 is 0 Å². The third-order valence-electron chi connectivity index (χ3n) is 6.74. The highest BCUT2D eigenvalue weighted by Gasteiger charge is 2.33. The van der Waals surface area contributed by atoms with Crippen LogP contribution in [0.5, 0.6) is 0 Å². The van der Waals surface area contributed by atoms with E-state index in [0.717, 1.165) is 39.0 Å². The monoisotopic (exact) mass is 508 g/mol. The van der Waals surface area contributed by atoms with Gasteiger partial charge >= 0.3 is 11.9 Å². The number of methoxy groups -OCH3 is 1. The summed E-state index contributed by atoms with van der Waals surface area (Å²) in [5.41, 5.74) is 15.7. The lowest BCUT2D eigenvalue weighted by atomic mass is 9.92. The van der Waals surface area contributed by atoms with E-state index in [-0.39, 0.29) is 23.9 Å². The van der Waals surface area contributed by atoms with E-state index < -0.39 is 0 Å². The van der Waals surface area contributed by atoms with E-state index in [0.29, 0.717) is 31.0 Å². The van der Waals surface area contributed by atoms with Crippen molar-refractivity contribution in [3.8, 4) is 0 Å². The molecule has 0 amide bonds. The molecule has 0 aliphatic carbocycles. The molecule has 8 nitrogen and oxygen atoms in total. The summed E-state index contributed by atoms with van der Waals surface area (Å²) >= 11 is 0. The fourth-order valence-corrected chi connectivity index (χ4v) is 4.65. The molecule has 200 valence electrons. The van der Waals surface area contributed by atoms with Crippen molar-refractivity contribution in [2.45, 2.75) is 38.9 Å². The molecule has 0 radical (unpaired) electrons. The van der Waals surface area contributed by atoms with Gasteiger partial charge in [-0.1, -0.05) is 60.7 Å². The summed E-state index contributed by atoms with van der Waals surface area (Å²) in [6.45, 7) is 7.00. The second-order valence-electron chi connectivity index (χ2n) is 9.47. The molecule has 0 bridgehead atoms. The molecule has 2 unspecified atom stereocenters. The van der Waals surface area contributed by atoms with Crippen molar-refractivity contribution in [1.29, 1.82) is 0 Å². The van der Waals surface area contributed by atoms with E-state index in [1.807, 2.05) is 43.3 Å². The Balaban J connectivity index is 0.000000206. The molecule has 8 heteroatoms. The van der Waals surface area contributed by atoms with Crippen LogP contribution in [-0.2, 0) is 32.2 Å². The lowest BCUT2D eigenvalue weighted by Crippen LogP contribution is -2.50. The van der Waals surface area contributed by atoms with Gasteiger partial charge in [-0.25, -0.2) is 4.79 Å². The Labute approximate surface area is 220 Å². The lowest BCUT2D eigenvalue weighted by Gasteiger charge is -2.35. The maximum Gasteiger partial charge on any atom is 0.336 e. The quantitative estimate of drug-likeness (QED) is 0.549. The van der Waals surface area contributed by atoms with Gasteiger partial charge in [-0.05, 0) is 24.5 Å². The third kappa shape index (κ3) is 8.70.